The molecule has 0 aliphatic carbocycles. The van der Waals surface area contributed by atoms with Crippen LogP contribution in [0.25, 0.3) is 17.0 Å². The van der Waals surface area contributed by atoms with Crippen molar-refractivity contribution < 1.29 is 14.3 Å². The molecule has 7 nitrogen and oxygen atoms in total. The first-order valence-corrected chi connectivity index (χ1v) is 11.0. The number of imidazole rings is 1. The summed E-state index contributed by atoms with van der Waals surface area (Å²) in [6, 6.07) is 22.0. The van der Waals surface area contributed by atoms with Crippen molar-refractivity contribution in [2.75, 3.05) is 0 Å². The van der Waals surface area contributed by atoms with Crippen molar-refractivity contribution in [2.24, 2.45) is 0 Å². The molecule has 1 aliphatic heterocycles. The Kier molecular flexibility index (Phi) is 5.31. The summed E-state index contributed by atoms with van der Waals surface area (Å²) in [6.45, 7) is 3.76. The number of ketones is 1. The lowest BCUT2D eigenvalue weighted by atomic mass is 9.92. The molecule has 0 amide bonds. The highest BCUT2D eigenvalue weighted by Gasteiger charge is 2.42. The summed E-state index contributed by atoms with van der Waals surface area (Å²) in [4.78, 5) is 17.7. The minimum atomic E-state index is -0.984. The fraction of sp³-hybridized carbons (Fsp3) is 0.143. The van der Waals surface area contributed by atoms with Gasteiger partial charge in [-0.3, -0.25) is 4.79 Å². The molecular formula is C28H20N4O3. The fourth-order valence-electron chi connectivity index (χ4n) is 3.97. The van der Waals surface area contributed by atoms with E-state index >= 15 is 0 Å². The van der Waals surface area contributed by atoms with Crippen LogP contribution in [-0.2, 0) is 16.1 Å². The topological polar surface area (TPSA) is 100 Å². The largest absolute Gasteiger partial charge is 0.487 e. The highest BCUT2D eigenvalue weighted by molar-refractivity contribution is 6.32. The first-order valence-electron chi connectivity index (χ1n) is 11.0. The molecular weight excluding hydrogens is 440 g/mol. The summed E-state index contributed by atoms with van der Waals surface area (Å²) < 4.78 is 13.7. The Balaban J connectivity index is 1.38. The zero-order valence-electron chi connectivity index (χ0n) is 19.1. The smallest absolute Gasteiger partial charge is 0.210 e. The number of nitrogens with zero attached hydrogens (tertiary/aromatic N) is 4. The van der Waals surface area contributed by atoms with E-state index in [0.717, 1.165) is 22.5 Å². The molecule has 0 saturated carbocycles. The SMILES string of the molecule is CC1(C)OC(c2ccc(C#N)cc2)=C(c2ccc(OCc3cn4cc(C#N)ccc4n3)cc2)C1=O. The normalized spacial score (nSPS) is 14.5. The third-order valence-electron chi connectivity index (χ3n) is 5.79. The average molecular weight is 460 g/mol. The Bertz CT molecular complexity index is 1560. The van der Waals surface area contributed by atoms with Gasteiger partial charge in [0.15, 0.2) is 5.60 Å². The first kappa shape index (κ1) is 21.9. The van der Waals surface area contributed by atoms with E-state index in [0.29, 0.717) is 28.2 Å². The van der Waals surface area contributed by atoms with Crippen molar-refractivity contribution >= 4 is 22.8 Å². The summed E-state index contributed by atoms with van der Waals surface area (Å²) in [5, 5.41) is 18.1. The number of carbonyl (C=O) groups is 1. The molecule has 0 saturated heterocycles. The molecule has 2 aromatic heterocycles. The Morgan fingerprint density at radius 1 is 0.914 bits per heavy atom. The number of fused-ring (bicyclic) bond motifs is 1. The van der Waals surface area contributed by atoms with Crippen LogP contribution in [-0.4, -0.2) is 20.8 Å². The van der Waals surface area contributed by atoms with Crippen LogP contribution in [0, 0.1) is 22.7 Å². The van der Waals surface area contributed by atoms with Gasteiger partial charge in [0, 0.05) is 18.0 Å². The maximum atomic E-state index is 13.2. The van der Waals surface area contributed by atoms with Gasteiger partial charge in [0.05, 0.1) is 28.5 Å². The third kappa shape index (κ3) is 4.12. The highest BCUT2D eigenvalue weighted by atomic mass is 16.5. The first-order chi connectivity index (χ1) is 16.9. The van der Waals surface area contributed by atoms with Crippen LogP contribution in [0.2, 0.25) is 0 Å². The molecule has 3 heterocycles. The molecule has 35 heavy (non-hydrogen) atoms. The number of rotatable bonds is 5. The van der Waals surface area contributed by atoms with Crippen LogP contribution in [0.5, 0.6) is 5.75 Å². The van der Waals surface area contributed by atoms with Gasteiger partial charge in [0.25, 0.3) is 0 Å². The third-order valence-corrected chi connectivity index (χ3v) is 5.79. The number of hydrogen-bond acceptors (Lipinski definition) is 6. The van der Waals surface area contributed by atoms with Crippen molar-refractivity contribution in [1.29, 1.82) is 10.5 Å². The number of hydrogen-bond donors (Lipinski definition) is 0. The molecule has 0 spiro atoms. The molecule has 0 unspecified atom stereocenters. The van der Waals surface area contributed by atoms with Crippen LogP contribution < -0.4 is 4.74 Å². The van der Waals surface area contributed by atoms with Gasteiger partial charge in [-0.15, -0.1) is 0 Å². The molecule has 7 heteroatoms. The van der Waals surface area contributed by atoms with Gasteiger partial charge in [0.2, 0.25) is 5.78 Å². The number of Topliss-reactive ketones (excluding diaryl/α,β-unsaturated/α-hetero) is 1. The number of aromatic nitrogens is 2. The zero-order valence-corrected chi connectivity index (χ0v) is 19.1. The van der Waals surface area contributed by atoms with Crippen LogP contribution in [0.3, 0.4) is 0 Å². The molecule has 0 N–H and O–H groups in total. The summed E-state index contributed by atoms with van der Waals surface area (Å²) in [7, 11) is 0. The minimum Gasteiger partial charge on any atom is -0.487 e. The van der Waals surface area contributed by atoms with E-state index in [9.17, 15) is 4.79 Å². The molecule has 0 bridgehead atoms. The van der Waals surface area contributed by atoms with E-state index in [1.165, 1.54) is 0 Å². The molecule has 2 aromatic carbocycles. The lowest BCUT2D eigenvalue weighted by Crippen LogP contribution is -2.29. The van der Waals surface area contributed by atoms with E-state index in [1.54, 1.807) is 73.0 Å². The summed E-state index contributed by atoms with van der Waals surface area (Å²) in [6.07, 6.45) is 3.55. The number of pyridine rings is 1. The Labute approximate surface area is 202 Å². The number of carbonyl (C=O) groups excluding carboxylic acids is 1. The quantitative estimate of drug-likeness (QED) is 0.420. The molecule has 0 radical (unpaired) electrons. The Morgan fingerprint density at radius 3 is 2.26 bits per heavy atom. The van der Waals surface area contributed by atoms with E-state index in [4.69, 9.17) is 20.0 Å². The predicted octanol–water partition coefficient (Wildman–Crippen LogP) is 4.90. The van der Waals surface area contributed by atoms with E-state index in [1.807, 2.05) is 18.3 Å². The van der Waals surface area contributed by atoms with Crippen LogP contribution >= 0.6 is 0 Å². The lowest BCUT2D eigenvalue weighted by Gasteiger charge is -2.17. The van der Waals surface area contributed by atoms with Crippen molar-refractivity contribution in [3.8, 4) is 17.9 Å². The molecule has 0 atom stereocenters. The zero-order chi connectivity index (χ0) is 24.6. The Hall–Kier alpha value is -4.88. The average Bonchev–Trinajstić information content (AvgIpc) is 3.40. The van der Waals surface area contributed by atoms with E-state index < -0.39 is 5.60 Å². The van der Waals surface area contributed by atoms with Crippen LogP contribution in [0.1, 0.15) is 41.8 Å². The maximum Gasteiger partial charge on any atom is 0.210 e. The fourth-order valence-corrected chi connectivity index (χ4v) is 3.97. The predicted molar refractivity (Wildman–Crippen MR) is 129 cm³/mol. The monoisotopic (exact) mass is 460 g/mol. The van der Waals surface area contributed by atoms with Gasteiger partial charge in [-0.2, -0.15) is 10.5 Å². The molecule has 1 aliphatic rings. The minimum absolute atomic E-state index is 0.105. The lowest BCUT2D eigenvalue weighted by molar-refractivity contribution is -0.125. The van der Waals surface area contributed by atoms with Gasteiger partial charge >= 0.3 is 0 Å². The summed E-state index contributed by atoms with van der Waals surface area (Å²) >= 11 is 0. The van der Waals surface area contributed by atoms with Gasteiger partial charge in [-0.25, -0.2) is 4.98 Å². The molecule has 4 aromatic rings. The summed E-state index contributed by atoms with van der Waals surface area (Å²) in [5.41, 5.74) is 3.55. The number of nitriles is 2. The van der Waals surface area contributed by atoms with Gasteiger partial charge in [0.1, 0.15) is 29.8 Å². The molecule has 5 rings (SSSR count). The number of benzene rings is 2. The van der Waals surface area contributed by atoms with Gasteiger partial charge in [-0.05, 0) is 67.9 Å². The standard InChI is InChI=1S/C28H20N4O3/c1-28(2)27(33)25(26(35-28)21-6-3-18(13-29)4-7-21)20-8-10-23(11-9-20)34-17-22-16-32-15-19(14-30)5-12-24(32)31-22/h3-12,15-16H,17H2,1-2H3. The van der Waals surface area contributed by atoms with E-state index in [2.05, 4.69) is 17.1 Å². The van der Waals surface area contributed by atoms with Crippen LogP contribution in [0.15, 0.2) is 73.1 Å². The molecule has 0 fully saturated rings. The van der Waals surface area contributed by atoms with Gasteiger partial charge < -0.3 is 13.9 Å². The Morgan fingerprint density at radius 2 is 1.57 bits per heavy atom. The van der Waals surface area contributed by atoms with Crippen molar-refractivity contribution in [1.82, 2.24) is 9.38 Å². The van der Waals surface area contributed by atoms with Crippen molar-refractivity contribution in [3.05, 3.63) is 101 Å². The second kappa shape index (κ2) is 8.48. The van der Waals surface area contributed by atoms with Crippen LogP contribution in [0.4, 0.5) is 0 Å². The van der Waals surface area contributed by atoms with E-state index in [-0.39, 0.29) is 12.4 Å². The second-order valence-electron chi connectivity index (χ2n) is 8.68. The van der Waals surface area contributed by atoms with Crippen molar-refractivity contribution in [3.63, 3.8) is 0 Å². The molecule has 170 valence electrons. The highest BCUT2D eigenvalue weighted by Crippen LogP contribution is 2.41. The second-order valence-corrected chi connectivity index (χ2v) is 8.68. The summed E-state index contributed by atoms with van der Waals surface area (Å²) in [5.74, 6) is 1.03. The maximum absolute atomic E-state index is 13.2. The van der Waals surface area contributed by atoms with Crippen molar-refractivity contribution in [2.45, 2.75) is 26.1 Å². The number of ether oxygens (including phenoxy) is 2. The van der Waals surface area contributed by atoms with Gasteiger partial charge in [-0.1, -0.05) is 12.1 Å².